The second-order valence-corrected chi connectivity index (χ2v) is 6.55. The molecule has 7 heteroatoms. The van der Waals surface area contributed by atoms with Gasteiger partial charge in [0, 0.05) is 25.2 Å². The summed E-state index contributed by atoms with van der Waals surface area (Å²) < 4.78 is 10.6. The molecule has 1 aromatic rings. The van der Waals surface area contributed by atoms with E-state index in [0.717, 1.165) is 32.4 Å². The molecule has 2 heterocycles. The van der Waals surface area contributed by atoms with E-state index in [4.69, 9.17) is 21.1 Å². The van der Waals surface area contributed by atoms with Gasteiger partial charge in [0.2, 0.25) is 6.79 Å². The molecule has 1 aliphatic carbocycles. The second-order valence-electron chi connectivity index (χ2n) is 6.14. The number of halogens is 1. The van der Waals surface area contributed by atoms with Crippen LogP contribution in [0.2, 0.25) is 5.02 Å². The van der Waals surface area contributed by atoms with E-state index < -0.39 is 0 Å². The Labute approximate surface area is 133 Å². The van der Waals surface area contributed by atoms with Gasteiger partial charge >= 0.3 is 6.03 Å². The molecule has 3 aliphatic rings. The van der Waals surface area contributed by atoms with E-state index in [1.807, 2.05) is 0 Å². The minimum atomic E-state index is -0.226. The van der Waals surface area contributed by atoms with Gasteiger partial charge in [-0.25, -0.2) is 4.79 Å². The number of nitrogens with one attached hydrogen (secondary N) is 3. The highest BCUT2D eigenvalue weighted by molar-refractivity contribution is 6.34. The summed E-state index contributed by atoms with van der Waals surface area (Å²) in [6.07, 6.45) is 3.35. The summed E-state index contributed by atoms with van der Waals surface area (Å²) in [5.41, 5.74) is 0.410. The van der Waals surface area contributed by atoms with Gasteiger partial charge in [-0.05, 0) is 18.8 Å². The van der Waals surface area contributed by atoms with E-state index in [1.165, 1.54) is 0 Å². The minimum absolute atomic E-state index is 0.118. The standard InChI is InChI=1S/C15H18ClN3O3/c16-10-4-12-13(22-8-21-12)5-11(10)18-14(20)19-15-3-1-2-9(15)6-17-7-15/h4-5,9,17H,1-3,6-8H2,(H2,18,19,20)/t9-,15-/m0/s1. The number of urea groups is 1. The predicted molar refractivity (Wildman–Crippen MR) is 82.7 cm³/mol. The quantitative estimate of drug-likeness (QED) is 0.781. The van der Waals surface area contributed by atoms with Crippen molar-refractivity contribution in [2.75, 3.05) is 25.2 Å². The van der Waals surface area contributed by atoms with Crippen LogP contribution in [-0.2, 0) is 0 Å². The van der Waals surface area contributed by atoms with Crippen LogP contribution in [0.15, 0.2) is 12.1 Å². The number of carbonyl (C=O) groups is 1. The van der Waals surface area contributed by atoms with Gasteiger partial charge in [-0.1, -0.05) is 18.0 Å². The summed E-state index contributed by atoms with van der Waals surface area (Å²) in [7, 11) is 0. The summed E-state index contributed by atoms with van der Waals surface area (Å²) in [5, 5.41) is 9.79. The molecule has 4 rings (SSSR count). The van der Waals surface area contributed by atoms with E-state index >= 15 is 0 Å². The van der Waals surface area contributed by atoms with Crippen molar-refractivity contribution < 1.29 is 14.3 Å². The van der Waals surface area contributed by atoms with Crippen LogP contribution in [0.5, 0.6) is 11.5 Å². The number of hydrogen-bond acceptors (Lipinski definition) is 4. The largest absolute Gasteiger partial charge is 0.454 e. The Hall–Kier alpha value is -1.66. The van der Waals surface area contributed by atoms with Crippen LogP contribution in [0.3, 0.4) is 0 Å². The Morgan fingerprint density at radius 1 is 1.36 bits per heavy atom. The van der Waals surface area contributed by atoms with Crippen LogP contribution in [-0.4, -0.2) is 31.5 Å². The third kappa shape index (κ3) is 2.27. The zero-order chi connectivity index (χ0) is 15.2. The first-order valence-electron chi connectivity index (χ1n) is 7.55. The fourth-order valence-electron chi connectivity index (χ4n) is 3.75. The van der Waals surface area contributed by atoms with Crippen LogP contribution in [0, 0.1) is 5.92 Å². The summed E-state index contributed by atoms with van der Waals surface area (Å²) in [6.45, 7) is 1.99. The van der Waals surface area contributed by atoms with E-state index in [0.29, 0.717) is 28.1 Å². The van der Waals surface area contributed by atoms with Crippen molar-refractivity contribution >= 4 is 23.3 Å². The normalized spacial score (nSPS) is 28.5. The fraction of sp³-hybridized carbons (Fsp3) is 0.533. The maximum absolute atomic E-state index is 12.4. The van der Waals surface area contributed by atoms with Crippen LogP contribution < -0.4 is 25.4 Å². The molecule has 2 atom stereocenters. The molecule has 22 heavy (non-hydrogen) atoms. The van der Waals surface area contributed by atoms with Gasteiger partial charge in [0.15, 0.2) is 11.5 Å². The average Bonchev–Trinajstić information content (AvgIpc) is 3.13. The summed E-state index contributed by atoms with van der Waals surface area (Å²) in [5.74, 6) is 1.72. The maximum Gasteiger partial charge on any atom is 0.319 e. The van der Waals surface area contributed by atoms with Crippen molar-refractivity contribution in [3.05, 3.63) is 17.2 Å². The van der Waals surface area contributed by atoms with Crippen molar-refractivity contribution in [2.24, 2.45) is 5.92 Å². The van der Waals surface area contributed by atoms with Crippen molar-refractivity contribution in [1.29, 1.82) is 0 Å². The fourth-order valence-corrected chi connectivity index (χ4v) is 3.95. The average molecular weight is 324 g/mol. The lowest BCUT2D eigenvalue weighted by Crippen LogP contribution is -2.53. The van der Waals surface area contributed by atoms with Crippen LogP contribution in [0.1, 0.15) is 19.3 Å². The first kappa shape index (κ1) is 14.0. The number of benzene rings is 1. The molecular formula is C15H18ClN3O3. The molecule has 1 aromatic carbocycles. The van der Waals surface area contributed by atoms with Crippen molar-refractivity contribution in [3.63, 3.8) is 0 Å². The van der Waals surface area contributed by atoms with Crippen molar-refractivity contribution in [3.8, 4) is 11.5 Å². The lowest BCUT2D eigenvalue weighted by atomic mass is 9.91. The van der Waals surface area contributed by atoms with Gasteiger partial charge < -0.3 is 25.4 Å². The molecule has 0 aromatic heterocycles. The first-order chi connectivity index (χ1) is 10.7. The first-order valence-corrected chi connectivity index (χ1v) is 7.93. The molecular weight excluding hydrogens is 306 g/mol. The number of amides is 2. The molecule has 2 amide bonds. The van der Waals surface area contributed by atoms with Gasteiger partial charge in [-0.3, -0.25) is 0 Å². The Balaban J connectivity index is 1.48. The van der Waals surface area contributed by atoms with E-state index in [2.05, 4.69) is 16.0 Å². The Morgan fingerprint density at radius 3 is 3.05 bits per heavy atom. The molecule has 3 N–H and O–H groups in total. The molecule has 1 saturated carbocycles. The summed E-state index contributed by atoms with van der Waals surface area (Å²) >= 11 is 6.19. The number of ether oxygens (including phenoxy) is 2. The molecule has 0 unspecified atom stereocenters. The molecule has 0 radical (unpaired) electrons. The molecule has 1 saturated heterocycles. The number of rotatable bonds is 2. The third-order valence-corrected chi connectivity index (χ3v) is 5.17. The highest BCUT2D eigenvalue weighted by atomic mass is 35.5. The topological polar surface area (TPSA) is 71.6 Å². The van der Waals surface area contributed by atoms with E-state index in [1.54, 1.807) is 12.1 Å². The van der Waals surface area contributed by atoms with Crippen molar-refractivity contribution in [2.45, 2.75) is 24.8 Å². The van der Waals surface area contributed by atoms with Crippen molar-refractivity contribution in [1.82, 2.24) is 10.6 Å². The number of fused-ring (bicyclic) bond motifs is 2. The van der Waals surface area contributed by atoms with Gasteiger partial charge in [-0.15, -0.1) is 0 Å². The smallest absolute Gasteiger partial charge is 0.319 e. The monoisotopic (exact) mass is 323 g/mol. The van der Waals surface area contributed by atoms with E-state index in [9.17, 15) is 4.79 Å². The molecule has 0 bridgehead atoms. The van der Waals surface area contributed by atoms with Gasteiger partial charge in [0.25, 0.3) is 0 Å². The number of carbonyl (C=O) groups excluding carboxylic acids is 1. The third-order valence-electron chi connectivity index (χ3n) is 4.86. The van der Waals surface area contributed by atoms with Gasteiger partial charge in [-0.2, -0.15) is 0 Å². The minimum Gasteiger partial charge on any atom is -0.454 e. The van der Waals surface area contributed by atoms with Gasteiger partial charge in [0.1, 0.15) is 0 Å². The molecule has 2 aliphatic heterocycles. The SMILES string of the molecule is O=C(Nc1cc2c(cc1Cl)OCO2)N[C@]12CCC[C@H]1CNC2. The maximum atomic E-state index is 12.4. The zero-order valence-electron chi connectivity index (χ0n) is 12.1. The van der Waals surface area contributed by atoms with Gasteiger partial charge in [0.05, 0.1) is 16.2 Å². The number of hydrogen-bond donors (Lipinski definition) is 3. The van der Waals surface area contributed by atoms with Crippen LogP contribution in [0.25, 0.3) is 0 Å². The molecule has 118 valence electrons. The molecule has 0 spiro atoms. The Morgan fingerprint density at radius 2 is 2.18 bits per heavy atom. The molecule has 6 nitrogen and oxygen atoms in total. The zero-order valence-corrected chi connectivity index (χ0v) is 12.8. The van der Waals surface area contributed by atoms with Crippen LogP contribution in [0.4, 0.5) is 10.5 Å². The predicted octanol–water partition coefficient (Wildman–Crippen LogP) is 2.33. The lowest BCUT2D eigenvalue weighted by Gasteiger charge is -2.29. The second kappa shape index (κ2) is 5.21. The Bertz CT molecular complexity index is 612. The highest BCUT2D eigenvalue weighted by Gasteiger charge is 2.47. The lowest BCUT2D eigenvalue weighted by molar-refractivity contribution is 0.174. The van der Waals surface area contributed by atoms with Crippen LogP contribution >= 0.6 is 11.6 Å². The Kier molecular flexibility index (Phi) is 3.31. The summed E-state index contributed by atoms with van der Waals surface area (Å²) in [4.78, 5) is 12.4. The highest BCUT2D eigenvalue weighted by Crippen LogP contribution is 2.40. The molecule has 2 fully saturated rings. The number of anilines is 1. The van der Waals surface area contributed by atoms with E-state index in [-0.39, 0.29) is 18.4 Å². The summed E-state index contributed by atoms with van der Waals surface area (Å²) in [6, 6.07) is 3.13.